The summed E-state index contributed by atoms with van der Waals surface area (Å²) in [4.78, 5) is 14.1. The molecule has 1 fully saturated rings. The average molecular weight is 293 g/mol. The molecule has 0 aromatic carbocycles. The lowest BCUT2D eigenvalue weighted by Gasteiger charge is -2.43. The number of likely N-dealkylation sites (N-methyl/N-ethyl adjacent to an activating group) is 1. The molecule has 0 saturated heterocycles. The molecule has 2 N–H and O–H groups in total. The van der Waals surface area contributed by atoms with Gasteiger partial charge in [0.2, 0.25) is 0 Å². The molecule has 0 bridgehead atoms. The van der Waals surface area contributed by atoms with E-state index in [1.165, 1.54) is 0 Å². The Balaban J connectivity index is 1.73. The highest BCUT2D eigenvalue weighted by molar-refractivity contribution is 5.79. The summed E-state index contributed by atoms with van der Waals surface area (Å²) in [6, 6.07) is 0.305. The summed E-state index contributed by atoms with van der Waals surface area (Å²) in [6.07, 6.45) is 5.18. The van der Waals surface area contributed by atoms with Crippen LogP contribution in [0.5, 0.6) is 0 Å². The highest BCUT2D eigenvalue weighted by Crippen LogP contribution is 2.33. The van der Waals surface area contributed by atoms with Gasteiger partial charge in [-0.1, -0.05) is 6.92 Å². The molecule has 21 heavy (non-hydrogen) atoms. The van der Waals surface area contributed by atoms with Gasteiger partial charge in [-0.2, -0.15) is 0 Å². The highest BCUT2D eigenvalue weighted by Gasteiger charge is 2.44. The molecule has 0 radical (unpaired) electrons. The molecule has 7 nitrogen and oxygen atoms in total. The molecule has 2 atom stereocenters. The lowest BCUT2D eigenvalue weighted by Crippen LogP contribution is -2.58. The number of aliphatic carboxylic acids is 1. The first kappa shape index (κ1) is 14.5. The molecule has 1 aliphatic carbocycles. The normalized spacial score (nSPS) is 30.0. The van der Waals surface area contributed by atoms with Gasteiger partial charge in [-0.25, -0.2) is 0 Å². The maximum absolute atomic E-state index is 11.7. The van der Waals surface area contributed by atoms with Gasteiger partial charge in [0.05, 0.1) is 6.54 Å². The summed E-state index contributed by atoms with van der Waals surface area (Å²) in [5.41, 5.74) is -0.761. The van der Waals surface area contributed by atoms with E-state index in [2.05, 4.69) is 25.0 Å². The van der Waals surface area contributed by atoms with Gasteiger partial charge in [0.25, 0.3) is 0 Å². The third-order valence-corrected chi connectivity index (χ3v) is 4.83. The molecule has 1 saturated carbocycles. The fourth-order valence-electron chi connectivity index (χ4n) is 3.72. The van der Waals surface area contributed by atoms with Crippen LogP contribution in [0.15, 0.2) is 6.33 Å². The predicted molar refractivity (Wildman–Crippen MR) is 76.7 cm³/mol. The third kappa shape index (κ3) is 2.67. The molecule has 7 heteroatoms. The van der Waals surface area contributed by atoms with Crippen molar-refractivity contribution < 1.29 is 9.90 Å². The van der Waals surface area contributed by atoms with E-state index in [0.29, 0.717) is 19.0 Å². The summed E-state index contributed by atoms with van der Waals surface area (Å²) < 4.78 is 2.08. The number of carbonyl (C=O) groups is 1. The number of rotatable bonds is 4. The van der Waals surface area contributed by atoms with Crippen LogP contribution in [0.25, 0.3) is 0 Å². The van der Waals surface area contributed by atoms with Crippen LogP contribution >= 0.6 is 0 Å². The van der Waals surface area contributed by atoms with Crippen LogP contribution in [0.1, 0.15) is 38.4 Å². The van der Waals surface area contributed by atoms with Crippen LogP contribution in [0, 0.1) is 0 Å². The van der Waals surface area contributed by atoms with Gasteiger partial charge in [0.15, 0.2) is 0 Å². The first-order valence-corrected chi connectivity index (χ1v) is 7.74. The minimum Gasteiger partial charge on any atom is -0.480 e. The summed E-state index contributed by atoms with van der Waals surface area (Å²) in [7, 11) is 0. The van der Waals surface area contributed by atoms with Crippen LogP contribution < -0.4 is 5.32 Å². The van der Waals surface area contributed by atoms with E-state index in [0.717, 1.165) is 44.7 Å². The fourth-order valence-corrected chi connectivity index (χ4v) is 3.72. The molecular weight excluding hydrogens is 270 g/mol. The van der Waals surface area contributed by atoms with Crippen LogP contribution in [-0.4, -0.2) is 55.4 Å². The minimum atomic E-state index is -0.761. The number of carboxylic acids is 1. The number of nitrogens with one attached hydrogen (secondary N) is 1. The number of fused-ring (bicyclic) bond motifs is 1. The molecule has 1 aromatic heterocycles. The van der Waals surface area contributed by atoms with Gasteiger partial charge in [-0.3, -0.25) is 9.69 Å². The van der Waals surface area contributed by atoms with Crippen molar-refractivity contribution in [2.24, 2.45) is 0 Å². The molecule has 1 aliphatic heterocycles. The second-order valence-electron chi connectivity index (χ2n) is 6.08. The highest BCUT2D eigenvalue weighted by atomic mass is 16.4. The number of aromatic nitrogens is 3. The Morgan fingerprint density at radius 1 is 1.57 bits per heavy atom. The van der Waals surface area contributed by atoms with E-state index >= 15 is 0 Å². The molecule has 0 spiro atoms. The third-order valence-electron chi connectivity index (χ3n) is 4.83. The maximum atomic E-state index is 11.7. The van der Waals surface area contributed by atoms with Crippen LogP contribution in [0.2, 0.25) is 0 Å². The number of carboxylic acid groups (broad SMARTS) is 1. The topological polar surface area (TPSA) is 83.3 Å². The van der Waals surface area contributed by atoms with Crippen molar-refractivity contribution in [3.8, 4) is 0 Å². The van der Waals surface area contributed by atoms with Gasteiger partial charge in [-0.05, 0) is 32.2 Å². The summed E-state index contributed by atoms with van der Waals surface area (Å²) in [5, 5.41) is 21.0. The Morgan fingerprint density at radius 2 is 2.43 bits per heavy atom. The Kier molecular flexibility index (Phi) is 3.95. The Hall–Kier alpha value is -1.47. The average Bonchev–Trinajstić information content (AvgIpc) is 2.95. The van der Waals surface area contributed by atoms with Crippen LogP contribution in [-0.2, 0) is 17.9 Å². The number of hydrogen-bond donors (Lipinski definition) is 2. The fraction of sp³-hybridized carbons (Fsp3) is 0.786. The zero-order valence-electron chi connectivity index (χ0n) is 12.5. The molecule has 0 amide bonds. The van der Waals surface area contributed by atoms with Crippen molar-refractivity contribution in [3.63, 3.8) is 0 Å². The summed E-state index contributed by atoms with van der Waals surface area (Å²) in [5.74, 6) is 0.269. The monoisotopic (exact) mass is 293 g/mol. The summed E-state index contributed by atoms with van der Waals surface area (Å²) in [6.45, 7) is 5.26. The predicted octanol–water partition coefficient (Wildman–Crippen LogP) is 0.469. The number of hydrogen-bond acceptors (Lipinski definition) is 5. The minimum absolute atomic E-state index is 0.305. The zero-order chi connectivity index (χ0) is 14.9. The largest absolute Gasteiger partial charge is 0.480 e. The first-order valence-electron chi connectivity index (χ1n) is 7.74. The van der Waals surface area contributed by atoms with Gasteiger partial charge < -0.3 is 15.0 Å². The SMILES string of the molecule is CCNC1(C(=O)O)CCCC(N2CCn3cnnc3C2)C1. The second-order valence-corrected chi connectivity index (χ2v) is 6.08. The van der Waals surface area contributed by atoms with Crippen molar-refractivity contribution in [2.45, 2.75) is 57.3 Å². The van der Waals surface area contributed by atoms with E-state index in [4.69, 9.17) is 0 Å². The Morgan fingerprint density at radius 3 is 3.19 bits per heavy atom. The van der Waals surface area contributed by atoms with E-state index in [1.54, 1.807) is 6.33 Å². The van der Waals surface area contributed by atoms with Crippen LogP contribution in [0.3, 0.4) is 0 Å². The van der Waals surface area contributed by atoms with Gasteiger partial charge in [-0.15, -0.1) is 10.2 Å². The molecule has 2 unspecified atom stereocenters. The lowest BCUT2D eigenvalue weighted by molar-refractivity contribution is -0.147. The van der Waals surface area contributed by atoms with Crippen molar-refractivity contribution in [2.75, 3.05) is 13.1 Å². The molecule has 1 aromatic rings. The van der Waals surface area contributed by atoms with Crippen molar-refractivity contribution in [3.05, 3.63) is 12.2 Å². The maximum Gasteiger partial charge on any atom is 0.323 e. The first-order chi connectivity index (χ1) is 10.1. The van der Waals surface area contributed by atoms with Crippen molar-refractivity contribution in [1.82, 2.24) is 25.0 Å². The van der Waals surface area contributed by atoms with Crippen molar-refractivity contribution in [1.29, 1.82) is 0 Å². The quantitative estimate of drug-likeness (QED) is 0.839. The zero-order valence-corrected chi connectivity index (χ0v) is 12.5. The summed E-state index contributed by atoms with van der Waals surface area (Å²) >= 11 is 0. The van der Waals surface area contributed by atoms with E-state index in [1.807, 2.05) is 6.92 Å². The molecule has 2 aliphatic rings. The van der Waals surface area contributed by atoms with E-state index in [-0.39, 0.29) is 0 Å². The Bertz CT molecular complexity index is 513. The molecular formula is C14H23N5O2. The second kappa shape index (κ2) is 5.73. The standard InChI is InChI=1S/C14H23N5O2/c1-2-15-14(13(20)21)5-3-4-11(8-14)18-6-7-19-10-16-17-12(19)9-18/h10-11,15H,2-9H2,1H3,(H,20,21). The Labute approximate surface area is 124 Å². The van der Waals surface area contributed by atoms with Crippen LogP contribution in [0.4, 0.5) is 0 Å². The molecule has 2 heterocycles. The molecule has 116 valence electrons. The number of nitrogens with zero attached hydrogens (tertiary/aromatic N) is 4. The van der Waals surface area contributed by atoms with Gasteiger partial charge in [0, 0.05) is 19.1 Å². The van der Waals surface area contributed by atoms with Crippen molar-refractivity contribution >= 4 is 5.97 Å². The van der Waals surface area contributed by atoms with E-state index in [9.17, 15) is 9.90 Å². The van der Waals surface area contributed by atoms with Gasteiger partial charge in [0.1, 0.15) is 17.7 Å². The lowest BCUT2D eigenvalue weighted by atomic mass is 9.78. The smallest absolute Gasteiger partial charge is 0.323 e. The van der Waals surface area contributed by atoms with E-state index < -0.39 is 11.5 Å². The molecule has 3 rings (SSSR count). The van der Waals surface area contributed by atoms with Gasteiger partial charge >= 0.3 is 5.97 Å².